The molecule has 0 saturated heterocycles. The number of nitro benzene ring substituents is 1. The van der Waals surface area contributed by atoms with Gasteiger partial charge in [-0.1, -0.05) is 12.1 Å². The van der Waals surface area contributed by atoms with Gasteiger partial charge in [0.2, 0.25) is 0 Å². The van der Waals surface area contributed by atoms with Crippen LogP contribution >= 0.6 is 15.9 Å². The maximum absolute atomic E-state index is 12.2. The van der Waals surface area contributed by atoms with E-state index in [-0.39, 0.29) is 30.3 Å². The molecule has 0 spiro atoms. The van der Waals surface area contributed by atoms with E-state index in [0.29, 0.717) is 10.2 Å². The summed E-state index contributed by atoms with van der Waals surface area (Å²) in [6, 6.07) is 8.50. The Labute approximate surface area is 156 Å². The fourth-order valence-corrected chi connectivity index (χ4v) is 2.24. The van der Waals surface area contributed by atoms with E-state index in [2.05, 4.69) is 26.6 Å². The normalized spacial score (nSPS) is 11.1. The minimum absolute atomic E-state index is 0.0206. The van der Waals surface area contributed by atoms with Crippen molar-refractivity contribution >= 4 is 39.5 Å². The molecule has 0 aliphatic heterocycles. The first-order valence-electron chi connectivity index (χ1n) is 7.32. The molecule has 10 heteroatoms. The number of hydrogen-bond acceptors (Lipinski definition) is 6. The predicted octanol–water partition coefficient (Wildman–Crippen LogP) is 1.83. The molecule has 1 aromatic heterocycles. The van der Waals surface area contributed by atoms with Crippen LogP contribution < -0.4 is 10.6 Å². The van der Waals surface area contributed by atoms with E-state index in [1.54, 1.807) is 6.07 Å². The largest absolute Gasteiger partial charge is 0.444 e. The smallest absolute Gasteiger partial charge is 0.291 e. The Balaban J connectivity index is 2.30. The number of furan rings is 1. The van der Waals surface area contributed by atoms with Gasteiger partial charge < -0.3 is 20.2 Å². The van der Waals surface area contributed by atoms with Crippen molar-refractivity contribution in [2.45, 2.75) is 0 Å². The molecule has 1 aromatic carbocycles. The zero-order chi connectivity index (χ0) is 19.1. The first kappa shape index (κ1) is 19.3. The summed E-state index contributed by atoms with van der Waals surface area (Å²) in [6.07, 6.45) is 1.29. The number of benzene rings is 1. The van der Waals surface area contributed by atoms with Crippen molar-refractivity contribution < 1.29 is 24.0 Å². The molecule has 2 amide bonds. The van der Waals surface area contributed by atoms with Crippen molar-refractivity contribution in [2.75, 3.05) is 13.2 Å². The van der Waals surface area contributed by atoms with Crippen LogP contribution in [0.4, 0.5) is 5.69 Å². The number of nitro groups is 1. The Morgan fingerprint density at radius 1 is 1.31 bits per heavy atom. The Kier molecular flexibility index (Phi) is 6.64. The van der Waals surface area contributed by atoms with Crippen LogP contribution in [-0.2, 0) is 4.79 Å². The SMILES string of the molecule is O=C(NCCO)C(=Cc1cccc([N+](=O)[O-])c1)NC(=O)c1ccc(Br)o1. The van der Waals surface area contributed by atoms with Gasteiger partial charge in [-0.15, -0.1) is 0 Å². The standard InChI is InChI=1S/C16H14BrN3O6/c17-14-5-4-13(26-14)16(23)19-12(15(22)18-6-7-21)9-10-2-1-3-11(8-10)20(24)25/h1-5,8-9,21H,6-7H2,(H,18,22)(H,19,23). The van der Waals surface area contributed by atoms with Gasteiger partial charge >= 0.3 is 0 Å². The lowest BCUT2D eigenvalue weighted by Crippen LogP contribution is -2.36. The molecule has 136 valence electrons. The van der Waals surface area contributed by atoms with Crippen LogP contribution in [0.3, 0.4) is 0 Å². The quantitative estimate of drug-likeness (QED) is 0.353. The highest BCUT2D eigenvalue weighted by Gasteiger charge is 2.17. The van der Waals surface area contributed by atoms with Gasteiger partial charge in [-0.3, -0.25) is 19.7 Å². The molecule has 1 heterocycles. The number of halogens is 1. The van der Waals surface area contributed by atoms with Crippen LogP contribution in [0.2, 0.25) is 0 Å². The van der Waals surface area contributed by atoms with E-state index in [0.717, 1.165) is 0 Å². The first-order valence-corrected chi connectivity index (χ1v) is 8.12. The molecule has 26 heavy (non-hydrogen) atoms. The molecule has 0 bridgehead atoms. The molecule has 0 aliphatic rings. The third-order valence-corrected chi connectivity index (χ3v) is 3.51. The third-order valence-electron chi connectivity index (χ3n) is 3.08. The Bertz CT molecular complexity index is 861. The molecule has 0 aliphatic carbocycles. The fraction of sp³-hybridized carbons (Fsp3) is 0.125. The van der Waals surface area contributed by atoms with E-state index in [4.69, 9.17) is 9.52 Å². The van der Waals surface area contributed by atoms with E-state index in [9.17, 15) is 19.7 Å². The first-order chi connectivity index (χ1) is 12.4. The van der Waals surface area contributed by atoms with E-state index in [1.165, 1.54) is 36.4 Å². The molecule has 3 N–H and O–H groups in total. The number of nitrogens with zero attached hydrogens (tertiary/aromatic N) is 1. The lowest BCUT2D eigenvalue weighted by molar-refractivity contribution is -0.384. The summed E-state index contributed by atoms with van der Waals surface area (Å²) in [5.41, 5.74) is 0.0286. The molecule has 0 unspecified atom stereocenters. The van der Waals surface area contributed by atoms with Gasteiger partial charge in [-0.2, -0.15) is 0 Å². The molecule has 0 radical (unpaired) electrons. The van der Waals surface area contributed by atoms with Gasteiger partial charge in [0.15, 0.2) is 10.4 Å². The van der Waals surface area contributed by atoms with Gasteiger partial charge in [0.05, 0.1) is 11.5 Å². The lowest BCUT2D eigenvalue weighted by atomic mass is 10.1. The minimum atomic E-state index is -0.675. The van der Waals surface area contributed by atoms with Gasteiger partial charge in [0.25, 0.3) is 17.5 Å². The minimum Gasteiger partial charge on any atom is -0.444 e. The van der Waals surface area contributed by atoms with Crippen LogP contribution in [0.25, 0.3) is 6.08 Å². The number of carbonyl (C=O) groups excluding carboxylic acids is 2. The molecule has 9 nitrogen and oxygen atoms in total. The number of nitrogens with one attached hydrogen (secondary N) is 2. The molecule has 0 fully saturated rings. The number of rotatable bonds is 7. The van der Waals surface area contributed by atoms with Gasteiger partial charge in [-0.25, -0.2) is 0 Å². The zero-order valence-electron chi connectivity index (χ0n) is 13.3. The molecule has 2 aromatic rings. The number of amides is 2. The van der Waals surface area contributed by atoms with Crippen molar-refractivity contribution in [2.24, 2.45) is 0 Å². The summed E-state index contributed by atoms with van der Waals surface area (Å²) >= 11 is 3.07. The summed E-state index contributed by atoms with van der Waals surface area (Å²) < 4.78 is 5.47. The van der Waals surface area contributed by atoms with Crippen molar-refractivity contribution in [3.8, 4) is 0 Å². The molecule has 2 rings (SSSR count). The molecular weight excluding hydrogens is 410 g/mol. The number of aliphatic hydroxyl groups is 1. The lowest BCUT2D eigenvalue weighted by Gasteiger charge is -2.09. The Hall–Kier alpha value is -2.98. The predicted molar refractivity (Wildman–Crippen MR) is 95.0 cm³/mol. The highest BCUT2D eigenvalue weighted by atomic mass is 79.9. The number of aliphatic hydroxyl groups excluding tert-OH is 1. The second-order valence-corrected chi connectivity index (χ2v) is 5.73. The fourth-order valence-electron chi connectivity index (χ4n) is 1.94. The number of carbonyl (C=O) groups is 2. The summed E-state index contributed by atoms with van der Waals surface area (Å²) in [5, 5.41) is 24.5. The maximum atomic E-state index is 12.2. The third kappa shape index (κ3) is 5.26. The van der Waals surface area contributed by atoms with Crippen LogP contribution in [0.15, 0.2) is 51.2 Å². The Morgan fingerprint density at radius 2 is 2.08 bits per heavy atom. The second-order valence-electron chi connectivity index (χ2n) is 4.95. The van der Waals surface area contributed by atoms with Gasteiger partial charge in [-0.05, 0) is 39.7 Å². The van der Waals surface area contributed by atoms with Crippen LogP contribution in [0, 0.1) is 10.1 Å². The van der Waals surface area contributed by atoms with Crippen molar-refractivity contribution in [3.05, 3.63) is 68.2 Å². The van der Waals surface area contributed by atoms with Gasteiger partial charge in [0.1, 0.15) is 5.70 Å². The van der Waals surface area contributed by atoms with Crippen molar-refractivity contribution in [1.82, 2.24) is 10.6 Å². The van der Waals surface area contributed by atoms with E-state index in [1.807, 2.05) is 0 Å². The number of non-ortho nitro benzene ring substituents is 1. The monoisotopic (exact) mass is 423 g/mol. The molecule has 0 saturated carbocycles. The van der Waals surface area contributed by atoms with Crippen LogP contribution in [-0.4, -0.2) is 35.0 Å². The highest BCUT2D eigenvalue weighted by Crippen LogP contribution is 2.17. The topological polar surface area (TPSA) is 135 Å². The maximum Gasteiger partial charge on any atom is 0.291 e. The van der Waals surface area contributed by atoms with Crippen LogP contribution in [0.1, 0.15) is 16.1 Å². The second kappa shape index (κ2) is 8.92. The molecular formula is C16H14BrN3O6. The van der Waals surface area contributed by atoms with Crippen molar-refractivity contribution in [3.63, 3.8) is 0 Å². The van der Waals surface area contributed by atoms with E-state index >= 15 is 0 Å². The van der Waals surface area contributed by atoms with Crippen molar-refractivity contribution in [1.29, 1.82) is 0 Å². The number of hydrogen-bond donors (Lipinski definition) is 3. The van der Waals surface area contributed by atoms with E-state index < -0.39 is 16.7 Å². The average molecular weight is 424 g/mol. The summed E-state index contributed by atoms with van der Waals surface area (Å²) in [5.74, 6) is -1.37. The van der Waals surface area contributed by atoms with Gasteiger partial charge in [0, 0.05) is 18.7 Å². The molecule has 0 atom stereocenters. The summed E-state index contributed by atoms with van der Waals surface area (Å²) in [4.78, 5) is 34.7. The zero-order valence-corrected chi connectivity index (χ0v) is 14.9. The summed E-state index contributed by atoms with van der Waals surface area (Å²) in [7, 11) is 0. The Morgan fingerprint density at radius 3 is 2.69 bits per heavy atom. The van der Waals surface area contributed by atoms with Crippen LogP contribution in [0.5, 0.6) is 0 Å². The highest BCUT2D eigenvalue weighted by molar-refractivity contribution is 9.10. The summed E-state index contributed by atoms with van der Waals surface area (Å²) in [6.45, 7) is -0.303. The average Bonchev–Trinajstić information content (AvgIpc) is 3.05.